The first-order chi connectivity index (χ1) is 8.24. The highest BCUT2D eigenvalue weighted by Crippen LogP contribution is 2.29. The van der Waals surface area contributed by atoms with Crippen LogP contribution in [0.1, 0.15) is 6.92 Å². The minimum atomic E-state index is -0.937. The molecule has 0 atom stereocenters. The molecule has 0 radical (unpaired) electrons. The summed E-state index contributed by atoms with van der Waals surface area (Å²) >= 11 is 0. The molecule has 2 aromatic rings. The second kappa shape index (κ2) is 4.95. The molecule has 0 N–H and O–H groups in total. The second-order valence-electron chi connectivity index (χ2n) is 3.54. The normalized spacial score (nSPS) is 10.3. The number of benzene rings is 2. The van der Waals surface area contributed by atoms with Crippen LogP contribution in [-0.4, -0.2) is 6.61 Å². The van der Waals surface area contributed by atoms with Crippen molar-refractivity contribution >= 4 is 0 Å². The van der Waals surface area contributed by atoms with E-state index in [1.165, 1.54) is 12.1 Å². The van der Waals surface area contributed by atoms with E-state index in [-0.39, 0.29) is 11.3 Å². The molecule has 0 unspecified atom stereocenters. The molecule has 2 rings (SSSR count). The van der Waals surface area contributed by atoms with Crippen LogP contribution in [0.3, 0.4) is 0 Å². The summed E-state index contributed by atoms with van der Waals surface area (Å²) in [4.78, 5) is 0. The molecule has 3 heteroatoms. The van der Waals surface area contributed by atoms with Gasteiger partial charge in [-0.05, 0) is 24.6 Å². The Morgan fingerprint density at radius 2 is 1.65 bits per heavy atom. The molecule has 2 aromatic carbocycles. The number of halogens is 2. The molecule has 0 saturated carbocycles. The zero-order valence-electron chi connectivity index (χ0n) is 9.41. The van der Waals surface area contributed by atoms with E-state index in [9.17, 15) is 8.78 Å². The van der Waals surface area contributed by atoms with E-state index in [4.69, 9.17) is 4.74 Å². The SMILES string of the molecule is CCOc1ccc(-c2ccccc2)c(F)c1F. The van der Waals surface area contributed by atoms with Crippen LogP contribution < -0.4 is 4.74 Å². The van der Waals surface area contributed by atoms with Gasteiger partial charge in [0.1, 0.15) is 0 Å². The van der Waals surface area contributed by atoms with Crippen LogP contribution in [0.4, 0.5) is 8.78 Å². The van der Waals surface area contributed by atoms with Crippen LogP contribution in [0, 0.1) is 11.6 Å². The van der Waals surface area contributed by atoms with Crippen LogP contribution in [0.25, 0.3) is 11.1 Å². The summed E-state index contributed by atoms with van der Waals surface area (Å²) in [6.45, 7) is 2.03. The van der Waals surface area contributed by atoms with E-state index in [1.807, 2.05) is 6.07 Å². The summed E-state index contributed by atoms with van der Waals surface area (Å²) in [5.74, 6) is -1.86. The first-order valence-corrected chi connectivity index (χ1v) is 5.40. The Labute approximate surface area is 98.7 Å². The van der Waals surface area contributed by atoms with Crippen molar-refractivity contribution in [3.05, 3.63) is 54.1 Å². The van der Waals surface area contributed by atoms with E-state index in [1.54, 1.807) is 31.2 Å². The molecule has 0 bridgehead atoms. The fourth-order valence-electron chi connectivity index (χ4n) is 1.64. The monoisotopic (exact) mass is 234 g/mol. The lowest BCUT2D eigenvalue weighted by Gasteiger charge is -2.08. The van der Waals surface area contributed by atoms with E-state index in [0.29, 0.717) is 12.2 Å². The highest BCUT2D eigenvalue weighted by atomic mass is 19.2. The summed E-state index contributed by atoms with van der Waals surface area (Å²) in [6.07, 6.45) is 0. The standard InChI is InChI=1S/C14H12F2O/c1-2-17-12-9-8-11(13(15)14(12)16)10-6-4-3-5-7-10/h3-9H,2H2,1H3. The number of rotatable bonds is 3. The molecule has 0 aliphatic carbocycles. The van der Waals surface area contributed by atoms with Crippen molar-refractivity contribution in [2.45, 2.75) is 6.92 Å². The Hall–Kier alpha value is -1.90. The van der Waals surface area contributed by atoms with Crippen molar-refractivity contribution in [3.63, 3.8) is 0 Å². The van der Waals surface area contributed by atoms with Gasteiger partial charge in [-0.3, -0.25) is 0 Å². The van der Waals surface area contributed by atoms with Crippen LogP contribution in [0.2, 0.25) is 0 Å². The predicted octanol–water partition coefficient (Wildman–Crippen LogP) is 4.03. The molecular formula is C14H12F2O. The largest absolute Gasteiger partial charge is 0.491 e. The van der Waals surface area contributed by atoms with Gasteiger partial charge < -0.3 is 4.74 Å². The molecule has 0 fully saturated rings. The van der Waals surface area contributed by atoms with Gasteiger partial charge in [0.25, 0.3) is 0 Å². The van der Waals surface area contributed by atoms with Crippen molar-refractivity contribution in [1.29, 1.82) is 0 Å². The molecule has 0 saturated heterocycles. The smallest absolute Gasteiger partial charge is 0.201 e. The third kappa shape index (κ3) is 2.28. The quantitative estimate of drug-likeness (QED) is 0.779. The maximum Gasteiger partial charge on any atom is 0.201 e. The molecule has 0 aliphatic rings. The van der Waals surface area contributed by atoms with Gasteiger partial charge in [-0.15, -0.1) is 0 Å². The Balaban J connectivity index is 2.48. The summed E-state index contributed by atoms with van der Waals surface area (Å²) in [5, 5.41) is 0. The van der Waals surface area contributed by atoms with Crippen molar-refractivity contribution in [3.8, 4) is 16.9 Å². The van der Waals surface area contributed by atoms with Gasteiger partial charge in [0.05, 0.1) is 6.61 Å². The third-order valence-electron chi connectivity index (χ3n) is 2.43. The Morgan fingerprint density at radius 1 is 0.941 bits per heavy atom. The van der Waals surface area contributed by atoms with Gasteiger partial charge in [0.2, 0.25) is 5.82 Å². The third-order valence-corrected chi connectivity index (χ3v) is 2.43. The van der Waals surface area contributed by atoms with E-state index in [0.717, 1.165) is 0 Å². The molecule has 0 heterocycles. The highest BCUT2D eigenvalue weighted by Gasteiger charge is 2.14. The summed E-state index contributed by atoms with van der Waals surface area (Å²) < 4.78 is 32.4. The number of hydrogen-bond acceptors (Lipinski definition) is 1. The molecule has 0 spiro atoms. The van der Waals surface area contributed by atoms with Crippen LogP contribution in [-0.2, 0) is 0 Å². The predicted molar refractivity (Wildman–Crippen MR) is 63.0 cm³/mol. The van der Waals surface area contributed by atoms with Gasteiger partial charge in [0, 0.05) is 5.56 Å². The van der Waals surface area contributed by atoms with Crippen molar-refractivity contribution in [2.24, 2.45) is 0 Å². The Bertz CT molecular complexity index is 509. The molecule has 17 heavy (non-hydrogen) atoms. The lowest BCUT2D eigenvalue weighted by atomic mass is 10.0. The minimum Gasteiger partial charge on any atom is -0.491 e. The maximum absolute atomic E-state index is 13.8. The van der Waals surface area contributed by atoms with Crippen molar-refractivity contribution < 1.29 is 13.5 Å². The average molecular weight is 234 g/mol. The average Bonchev–Trinajstić information content (AvgIpc) is 2.36. The molecule has 88 valence electrons. The van der Waals surface area contributed by atoms with Gasteiger partial charge >= 0.3 is 0 Å². The fraction of sp³-hybridized carbons (Fsp3) is 0.143. The van der Waals surface area contributed by atoms with Gasteiger partial charge in [-0.1, -0.05) is 30.3 Å². The molecule has 0 aliphatic heterocycles. The molecular weight excluding hydrogens is 222 g/mol. The van der Waals surface area contributed by atoms with Gasteiger partial charge in [0.15, 0.2) is 11.6 Å². The van der Waals surface area contributed by atoms with Gasteiger partial charge in [-0.25, -0.2) is 4.39 Å². The zero-order valence-corrected chi connectivity index (χ0v) is 9.41. The van der Waals surface area contributed by atoms with Crippen LogP contribution >= 0.6 is 0 Å². The minimum absolute atomic E-state index is 0.0512. The Morgan fingerprint density at radius 3 is 2.29 bits per heavy atom. The fourth-order valence-corrected chi connectivity index (χ4v) is 1.64. The lowest BCUT2D eigenvalue weighted by Crippen LogP contribution is -1.98. The summed E-state index contributed by atoms with van der Waals surface area (Å²) in [7, 11) is 0. The van der Waals surface area contributed by atoms with E-state index >= 15 is 0 Å². The molecule has 0 aromatic heterocycles. The molecule has 0 amide bonds. The maximum atomic E-state index is 13.8. The Kier molecular flexibility index (Phi) is 3.38. The number of hydrogen-bond donors (Lipinski definition) is 0. The molecule has 1 nitrogen and oxygen atoms in total. The van der Waals surface area contributed by atoms with Crippen LogP contribution in [0.5, 0.6) is 5.75 Å². The van der Waals surface area contributed by atoms with Crippen molar-refractivity contribution in [2.75, 3.05) is 6.61 Å². The second-order valence-corrected chi connectivity index (χ2v) is 3.54. The first kappa shape index (κ1) is 11.6. The summed E-state index contributed by atoms with van der Waals surface area (Å²) in [5.41, 5.74) is 0.888. The first-order valence-electron chi connectivity index (χ1n) is 5.40. The van der Waals surface area contributed by atoms with E-state index in [2.05, 4.69) is 0 Å². The van der Waals surface area contributed by atoms with Gasteiger partial charge in [-0.2, -0.15) is 4.39 Å². The summed E-state index contributed by atoms with van der Waals surface area (Å²) in [6, 6.07) is 11.8. The number of ether oxygens (including phenoxy) is 1. The zero-order chi connectivity index (χ0) is 12.3. The van der Waals surface area contributed by atoms with Crippen LogP contribution in [0.15, 0.2) is 42.5 Å². The van der Waals surface area contributed by atoms with E-state index < -0.39 is 11.6 Å². The highest BCUT2D eigenvalue weighted by molar-refractivity contribution is 5.65. The lowest BCUT2D eigenvalue weighted by molar-refractivity contribution is 0.314. The topological polar surface area (TPSA) is 9.23 Å². The van der Waals surface area contributed by atoms with Crippen molar-refractivity contribution in [1.82, 2.24) is 0 Å².